The molecule has 7 aromatic rings. The largest absolute Gasteiger partial charge is 0.306 e. The van der Waals surface area contributed by atoms with E-state index in [1.54, 1.807) is 4.57 Å². The summed E-state index contributed by atoms with van der Waals surface area (Å²) in [7, 11) is 1.96. The van der Waals surface area contributed by atoms with Gasteiger partial charge in [0.1, 0.15) is 10.7 Å². The highest BCUT2D eigenvalue weighted by Crippen LogP contribution is 2.36. The van der Waals surface area contributed by atoms with Gasteiger partial charge in [-0.3, -0.25) is 9.36 Å². The zero-order valence-corrected chi connectivity index (χ0v) is 29.1. The van der Waals surface area contributed by atoms with Crippen LogP contribution in [0.15, 0.2) is 141 Å². The third-order valence-corrected chi connectivity index (χ3v) is 10.8. The molecule has 7 rings (SSSR count). The Bertz CT molecular complexity index is 2350. The molecule has 0 aliphatic carbocycles. The van der Waals surface area contributed by atoms with E-state index in [0.717, 1.165) is 38.6 Å². The third kappa shape index (κ3) is 6.97. The highest BCUT2D eigenvalue weighted by atomic mass is 35.5. The maximum absolute atomic E-state index is 14.3. The molecule has 7 nitrogen and oxygen atoms in total. The van der Waals surface area contributed by atoms with Gasteiger partial charge in [0.2, 0.25) is 4.80 Å². The van der Waals surface area contributed by atoms with Crippen molar-refractivity contribution in [1.82, 2.24) is 18.5 Å². The summed E-state index contributed by atoms with van der Waals surface area (Å²) in [6, 6.07) is 37.5. The number of para-hydroxylation sites is 1. The first-order valence-electron chi connectivity index (χ1n) is 15.2. The lowest BCUT2D eigenvalue weighted by Crippen LogP contribution is -2.24. The molecule has 0 atom stereocenters. The molecule has 0 aliphatic rings. The molecule has 0 spiro atoms. The van der Waals surface area contributed by atoms with Crippen molar-refractivity contribution in [2.24, 2.45) is 17.0 Å². The summed E-state index contributed by atoms with van der Waals surface area (Å²) in [6.07, 6.45) is 0.698. The molecule has 0 unspecified atom stereocenters. The lowest BCUT2D eigenvalue weighted by Gasteiger charge is -2.13. The SMILES string of the molecule is Cn1c(CSc2nc3scc(-c4ccccc4Cl)c3c(=O)n2CCc2ccccc2)nsc1=NC(=Nc1ccccc1)c1ccccc1. The van der Waals surface area contributed by atoms with Gasteiger partial charge >= 0.3 is 0 Å². The van der Waals surface area contributed by atoms with E-state index >= 15 is 0 Å². The summed E-state index contributed by atoms with van der Waals surface area (Å²) >= 11 is 10.8. The highest BCUT2D eigenvalue weighted by molar-refractivity contribution is 7.98. The van der Waals surface area contributed by atoms with Gasteiger partial charge in [0.25, 0.3) is 5.56 Å². The van der Waals surface area contributed by atoms with E-state index in [0.29, 0.717) is 44.9 Å². The van der Waals surface area contributed by atoms with Crippen molar-refractivity contribution in [3.63, 3.8) is 0 Å². The van der Waals surface area contributed by atoms with E-state index in [9.17, 15) is 4.79 Å². The highest BCUT2D eigenvalue weighted by Gasteiger charge is 2.19. The molecule has 0 saturated heterocycles. The molecular weight excluding hydrogens is 676 g/mol. The molecule has 0 radical (unpaired) electrons. The van der Waals surface area contributed by atoms with Crippen LogP contribution in [0, 0.1) is 0 Å². The lowest BCUT2D eigenvalue weighted by atomic mass is 10.1. The number of aryl methyl sites for hydroxylation is 1. The molecule has 3 aromatic heterocycles. The first-order chi connectivity index (χ1) is 23.5. The number of thiophene rings is 1. The Morgan fingerprint density at radius 1 is 0.875 bits per heavy atom. The Morgan fingerprint density at radius 2 is 1.56 bits per heavy atom. The van der Waals surface area contributed by atoms with Crippen molar-refractivity contribution in [3.05, 3.63) is 158 Å². The standard InChI is InChI=1S/C37H29ClN6OS3/c1-43-31(42-48-36(43)40-33(26-15-7-3-8-16-26)39-27-17-9-4-10-18-27)24-47-37-41-34-32(29(23-46-34)28-19-11-12-20-30(28)38)35(45)44(37)22-21-25-13-5-2-6-14-25/h2-20,23H,21-22,24H2,1H3. The maximum atomic E-state index is 14.3. The monoisotopic (exact) mass is 704 g/mol. The number of hydrogen-bond acceptors (Lipinski definition) is 7. The number of aliphatic imine (C=N–C) groups is 1. The predicted molar refractivity (Wildman–Crippen MR) is 200 cm³/mol. The molecule has 11 heteroatoms. The molecule has 0 amide bonds. The number of benzene rings is 4. The Balaban J connectivity index is 1.24. The number of nitrogens with zero attached hydrogens (tertiary/aromatic N) is 6. The fraction of sp³-hybridized carbons (Fsp3) is 0.108. The van der Waals surface area contributed by atoms with Crippen LogP contribution in [-0.2, 0) is 25.8 Å². The summed E-state index contributed by atoms with van der Waals surface area (Å²) in [5.74, 6) is 1.93. The molecule has 238 valence electrons. The summed E-state index contributed by atoms with van der Waals surface area (Å²) in [5.41, 5.74) is 4.46. The van der Waals surface area contributed by atoms with Crippen LogP contribution in [0.2, 0.25) is 5.02 Å². The van der Waals surface area contributed by atoms with E-state index in [-0.39, 0.29) is 5.56 Å². The van der Waals surface area contributed by atoms with Gasteiger partial charge in [0.05, 0.1) is 16.8 Å². The molecular formula is C37H29ClN6OS3. The van der Waals surface area contributed by atoms with Gasteiger partial charge in [0, 0.05) is 52.2 Å². The van der Waals surface area contributed by atoms with E-state index in [1.165, 1.54) is 34.6 Å². The third-order valence-electron chi connectivity index (χ3n) is 7.75. The minimum absolute atomic E-state index is 0.0717. The number of amidine groups is 1. The second-order valence-electron chi connectivity index (χ2n) is 10.9. The van der Waals surface area contributed by atoms with Gasteiger partial charge in [-0.25, -0.2) is 9.98 Å². The van der Waals surface area contributed by atoms with Crippen molar-refractivity contribution in [2.45, 2.75) is 23.9 Å². The van der Waals surface area contributed by atoms with Crippen LogP contribution in [0.5, 0.6) is 0 Å². The molecule has 0 fully saturated rings. The summed E-state index contributed by atoms with van der Waals surface area (Å²) in [4.78, 5) is 30.5. The maximum Gasteiger partial charge on any atom is 0.263 e. The minimum Gasteiger partial charge on any atom is -0.306 e. The number of fused-ring (bicyclic) bond motifs is 1. The summed E-state index contributed by atoms with van der Waals surface area (Å²) < 4.78 is 8.53. The van der Waals surface area contributed by atoms with E-state index in [1.807, 2.05) is 120 Å². The van der Waals surface area contributed by atoms with Crippen LogP contribution in [0.3, 0.4) is 0 Å². The molecule has 0 N–H and O–H groups in total. The van der Waals surface area contributed by atoms with E-state index in [4.69, 9.17) is 30.9 Å². The Labute approximate surface area is 294 Å². The lowest BCUT2D eigenvalue weighted by molar-refractivity contribution is 0.596. The topological polar surface area (TPSA) is 77.4 Å². The van der Waals surface area contributed by atoms with E-state index in [2.05, 4.69) is 12.1 Å². The first kappa shape index (κ1) is 32.0. The van der Waals surface area contributed by atoms with Crippen molar-refractivity contribution in [2.75, 3.05) is 0 Å². The quantitative estimate of drug-likeness (QED) is 0.0652. The van der Waals surface area contributed by atoms with Crippen molar-refractivity contribution >= 4 is 68.0 Å². The normalized spacial score (nSPS) is 12.2. The molecule has 0 bridgehead atoms. The minimum atomic E-state index is -0.0717. The van der Waals surface area contributed by atoms with Crippen LogP contribution in [0.1, 0.15) is 17.0 Å². The van der Waals surface area contributed by atoms with Crippen molar-refractivity contribution in [1.29, 1.82) is 0 Å². The molecule has 4 aromatic carbocycles. The summed E-state index contributed by atoms with van der Waals surface area (Å²) in [6.45, 7) is 0.492. The second-order valence-corrected chi connectivity index (χ2v) is 13.8. The van der Waals surface area contributed by atoms with Crippen molar-refractivity contribution in [3.8, 4) is 11.1 Å². The van der Waals surface area contributed by atoms with Gasteiger partial charge < -0.3 is 4.57 Å². The average molecular weight is 705 g/mol. The number of thioether (sulfide) groups is 1. The zero-order chi connectivity index (χ0) is 32.9. The van der Waals surface area contributed by atoms with Crippen molar-refractivity contribution < 1.29 is 0 Å². The second kappa shape index (κ2) is 14.7. The Morgan fingerprint density at radius 3 is 2.31 bits per heavy atom. The van der Waals surface area contributed by atoms with Gasteiger partial charge in [-0.15, -0.1) is 11.3 Å². The van der Waals surface area contributed by atoms with Gasteiger partial charge in [0.15, 0.2) is 11.0 Å². The number of rotatable bonds is 9. The fourth-order valence-electron chi connectivity index (χ4n) is 5.21. The zero-order valence-electron chi connectivity index (χ0n) is 25.9. The number of halogens is 1. The average Bonchev–Trinajstić information content (AvgIpc) is 3.71. The molecule has 0 aliphatic heterocycles. The Hall–Kier alpha value is -4.61. The molecule has 0 saturated carbocycles. The van der Waals surface area contributed by atoms with Crippen LogP contribution < -0.4 is 10.4 Å². The summed E-state index contributed by atoms with van der Waals surface area (Å²) in [5, 5.41) is 3.83. The number of hydrogen-bond donors (Lipinski definition) is 0. The van der Waals surface area contributed by atoms with Crippen LogP contribution in [0.25, 0.3) is 21.3 Å². The molecule has 48 heavy (non-hydrogen) atoms. The molecule has 3 heterocycles. The first-order valence-corrected chi connectivity index (χ1v) is 18.3. The van der Waals surface area contributed by atoms with Crippen LogP contribution in [-0.4, -0.2) is 24.3 Å². The predicted octanol–water partition coefficient (Wildman–Crippen LogP) is 8.79. The van der Waals surface area contributed by atoms with Crippen LogP contribution in [0.4, 0.5) is 5.69 Å². The van der Waals surface area contributed by atoms with Crippen LogP contribution >= 0.6 is 46.2 Å². The fourth-order valence-corrected chi connectivity index (χ4v) is 8.24. The van der Waals surface area contributed by atoms with Gasteiger partial charge in [-0.2, -0.15) is 9.37 Å². The van der Waals surface area contributed by atoms with Gasteiger partial charge in [-0.1, -0.05) is 120 Å². The Kier molecular flexibility index (Phi) is 9.76. The number of aromatic nitrogens is 4. The van der Waals surface area contributed by atoms with Gasteiger partial charge in [-0.05, 0) is 30.2 Å². The van der Waals surface area contributed by atoms with E-state index < -0.39 is 0 Å². The smallest absolute Gasteiger partial charge is 0.263 e.